The highest BCUT2D eigenvalue weighted by Gasteiger charge is 2.46. The largest absolute Gasteiger partial charge is 0.299 e. The van der Waals surface area contributed by atoms with Gasteiger partial charge >= 0.3 is 0 Å². The number of benzene rings is 12. The summed E-state index contributed by atoms with van der Waals surface area (Å²) in [5.74, 6) is 5.92. The van der Waals surface area contributed by atoms with Gasteiger partial charge < -0.3 is 0 Å². The van der Waals surface area contributed by atoms with Gasteiger partial charge in [-0.15, -0.1) is 0 Å². The number of hydrogen-bond donors (Lipinski definition) is 0. The number of carbonyl (C=O) groups is 4. The topological polar surface area (TPSA) is 68.3 Å². The van der Waals surface area contributed by atoms with Crippen LogP contribution in [-0.4, -0.2) is 23.1 Å². The minimum absolute atomic E-state index is 0.166. The van der Waals surface area contributed by atoms with E-state index in [1.165, 1.54) is 77.2 Å². The number of halogens is 2. The molecule has 4 nitrogen and oxygen atoms in total. The Morgan fingerprint density at radius 1 is 0.288 bits per heavy atom. The van der Waals surface area contributed by atoms with Crippen LogP contribution in [0.2, 0.25) is 10.0 Å². The molecule has 16 rings (SSSR count). The summed E-state index contributed by atoms with van der Waals surface area (Å²) in [4.78, 5) is 51.1. The van der Waals surface area contributed by atoms with Crippen molar-refractivity contribution < 1.29 is 19.2 Å². The molecule has 12 aromatic carbocycles. The van der Waals surface area contributed by atoms with Gasteiger partial charge in [-0.3, -0.25) is 19.2 Å². The van der Waals surface area contributed by atoms with E-state index in [0.29, 0.717) is 96.2 Å². The van der Waals surface area contributed by atoms with Crippen LogP contribution in [0, 0.1) is 37.5 Å². The highest BCUT2D eigenvalue weighted by Crippen LogP contribution is 2.52. The first-order valence-corrected chi connectivity index (χ1v) is 38.7. The molecular formula is C98H98Cl2O4. The molecule has 0 aliphatic heterocycles. The Kier molecular flexibility index (Phi) is 22.6. The maximum atomic E-state index is 12.8. The second-order valence-electron chi connectivity index (χ2n) is 31.5. The Morgan fingerprint density at radius 3 is 0.779 bits per heavy atom. The Morgan fingerprint density at radius 2 is 0.519 bits per heavy atom. The lowest BCUT2D eigenvalue weighted by Crippen LogP contribution is -2.06. The first-order valence-electron chi connectivity index (χ1n) is 37.9. The van der Waals surface area contributed by atoms with Crippen molar-refractivity contribution in [3.63, 3.8) is 0 Å². The maximum absolute atomic E-state index is 12.8. The van der Waals surface area contributed by atoms with Crippen LogP contribution >= 0.6 is 23.2 Å². The van der Waals surface area contributed by atoms with E-state index in [-0.39, 0.29) is 23.7 Å². The van der Waals surface area contributed by atoms with Gasteiger partial charge in [0.25, 0.3) is 0 Å². The third kappa shape index (κ3) is 17.7. The van der Waals surface area contributed by atoms with E-state index in [9.17, 15) is 19.2 Å². The van der Waals surface area contributed by atoms with Crippen molar-refractivity contribution in [2.45, 2.75) is 168 Å². The summed E-state index contributed by atoms with van der Waals surface area (Å²) in [7, 11) is 0. The van der Waals surface area contributed by atoms with Crippen molar-refractivity contribution >= 4 is 89.4 Å². The Labute approximate surface area is 626 Å². The molecule has 528 valence electrons. The van der Waals surface area contributed by atoms with Crippen LogP contribution in [0.4, 0.5) is 0 Å². The Hall–Kier alpha value is -9.06. The van der Waals surface area contributed by atoms with E-state index in [1.807, 2.05) is 48.5 Å². The molecule has 0 bridgehead atoms. The lowest BCUT2D eigenvalue weighted by atomic mass is 9.96. The minimum atomic E-state index is 0.166. The zero-order valence-corrected chi connectivity index (χ0v) is 63.6. The highest BCUT2D eigenvalue weighted by atomic mass is 35.5. The van der Waals surface area contributed by atoms with Gasteiger partial charge in [0.2, 0.25) is 0 Å². The van der Waals surface area contributed by atoms with E-state index in [2.05, 4.69) is 263 Å². The molecule has 0 amide bonds. The molecule has 12 aromatic rings. The molecule has 4 unspecified atom stereocenters. The van der Waals surface area contributed by atoms with Gasteiger partial charge in [0.05, 0.1) is 0 Å². The molecule has 0 spiro atoms. The molecule has 8 atom stereocenters. The fourth-order valence-corrected chi connectivity index (χ4v) is 16.0. The van der Waals surface area contributed by atoms with Crippen LogP contribution in [0.3, 0.4) is 0 Å². The molecule has 0 aromatic heterocycles. The molecule has 4 fully saturated rings. The van der Waals surface area contributed by atoms with Gasteiger partial charge in [0.15, 0.2) is 0 Å². The molecule has 4 saturated carbocycles. The van der Waals surface area contributed by atoms with E-state index in [4.69, 9.17) is 23.2 Å². The molecule has 4 aliphatic rings. The molecule has 0 heterocycles. The van der Waals surface area contributed by atoms with E-state index in [0.717, 1.165) is 79.5 Å². The molecule has 6 heteroatoms. The predicted octanol–water partition coefficient (Wildman–Crippen LogP) is 25.4. The summed E-state index contributed by atoms with van der Waals surface area (Å²) in [5.41, 5.74) is 17.7. The number of carbonyl (C=O) groups excluding carboxylic acids is 4. The predicted molar refractivity (Wildman–Crippen MR) is 436 cm³/mol. The summed E-state index contributed by atoms with van der Waals surface area (Å²) in [6, 6.07) is 84.8. The molecule has 0 radical (unpaired) electrons. The first-order chi connectivity index (χ1) is 50.1. The van der Waals surface area contributed by atoms with Crippen molar-refractivity contribution in [2.75, 3.05) is 0 Å². The SMILES string of the molecule is CC(C)c1cccc(C2CC2C(=O)Cc2ccc3cccc(Cl)c3c2)c1.CC(C)c1cccc([C@@H]2C[C@H]2C(=O)Cc2ccc3cccc(Cl)c3c2)c1.Cc1cccc2ccc(CC(=O)C3CC3c3cccc(C(C)C)c3)cc12.Cc1cccc2ccc(CC(=O)[C@@H]3C[C@H]3c3cccc(C(C)C)c3)cc12. The van der Waals surface area contributed by atoms with E-state index in [1.54, 1.807) is 0 Å². The van der Waals surface area contributed by atoms with E-state index >= 15 is 0 Å². The summed E-state index contributed by atoms with van der Waals surface area (Å²) >= 11 is 12.6. The second-order valence-corrected chi connectivity index (χ2v) is 32.3. The molecule has 104 heavy (non-hydrogen) atoms. The van der Waals surface area contributed by atoms with Crippen LogP contribution in [0.5, 0.6) is 0 Å². The Bertz CT molecular complexity index is 4520. The lowest BCUT2D eigenvalue weighted by molar-refractivity contribution is -0.120. The van der Waals surface area contributed by atoms with Crippen molar-refractivity contribution in [3.05, 3.63) is 331 Å². The van der Waals surface area contributed by atoms with E-state index < -0.39 is 0 Å². The summed E-state index contributed by atoms with van der Waals surface area (Å²) in [6.45, 7) is 22.0. The average molecular weight is 1410 g/mol. The third-order valence-corrected chi connectivity index (χ3v) is 23.1. The van der Waals surface area contributed by atoms with Gasteiger partial charge in [-0.2, -0.15) is 0 Å². The van der Waals surface area contributed by atoms with Crippen LogP contribution < -0.4 is 0 Å². The van der Waals surface area contributed by atoms with Gasteiger partial charge in [-0.1, -0.05) is 297 Å². The minimum Gasteiger partial charge on any atom is -0.299 e. The van der Waals surface area contributed by atoms with Crippen molar-refractivity contribution in [1.29, 1.82) is 0 Å². The molecular weight excluding hydrogens is 1310 g/mol. The fraction of sp³-hybridized carbons (Fsp3) is 0.306. The maximum Gasteiger partial charge on any atom is 0.140 e. The molecule has 0 saturated heterocycles. The van der Waals surface area contributed by atoms with Gasteiger partial charge in [0.1, 0.15) is 23.1 Å². The van der Waals surface area contributed by atoms with Crippen LogP contribution in [0.1, 0.15) is 206 Å². The fourth-order valence-electron chi connectivity index (χ4n) is 15.6. The van der Waals surface area contributed by atoms with Gasteiger partial charge in [-0.05, 0) is 221 Å². The monoisotopic (exact) mass is 1410 g/mol. The quantitative estimate of drug-likeness (QED) is 0.0762. The average Bonchev–Trinajstić information content (AvgIpc) is 1.63. The first kappa shape index (κ1) is 73.3. The number of fused-ring (bicyclic) bond motifs is 4. The van der Waals surface area contributed by atoms with Gasteiger partial charge in [0, 0.05) is 70.2 Å². The third-order valence-electron chi connectivity index (χ3n) is 22.5. The van der Waals surface area contributed by atoms with Crippen LogP contribution in [0.15, 0.2) is 243 Å². The summed E-state index contributed by atoms with van der Waals surface area (Å²) in [5, 5.41) is 10.8. The summed E-state index contributed by atoms with van der Waals surface area (Å²) in [6.07, 6.45) is 6.06. The van der Waals surface area contributed by atoms with Gasteiger partial charge in [-0.25, -0.2) is 0 Å². The number of ketones is 4. The molecule has 4 aliphatic carbocycles. The number of hydrogen-bond acceptors (Lipinski definition) is 4. The highest BCUT2D eigenvalue weighted by molar-refractivity contribution is 6.36. The normalized spacial score (nSPS) is 19.1. The van der Waals surface area contributed by atoms with Crippen molar-refractivity contribution in [1.82, 2.24) is 0 Å². The lowest BCUT2D eigenvalue weighted by Gasteiger charge is -2.08. The molecule has 0 N–H and O–H groups in total. The standard InChI is InChI=1S/2C25H26O.2C24H23ClO/c2*1-16(2)20-8-5-9-21(14-20)23-15-24(23)25(26)13-18-10-11-19-7-4-6-17(3)22(19)12-18;2*1-15(2)18-6-3-7-19(13-18)20-14-22(20)24(26)12-16-9-10-17-5-4-8-23(25)21(17)11-16/h2*4-12,14,16,23-24H,13,15H2,1-3H3;2*3-11,13,15,20,22H,12,14H2,1-2H3/t23-,24+;;20-,22+;/m0.0./s1. The zero-order chi connectivity index (χ0) is 73.0. The van der Waals surface area contributed by atoms with Crippen LogP contribution in [-0.2, 0) is 44.9 Å². The zero-order valence-electron chi connectivity index (χ0n) is 62.1. The Balaban J connectivity index is 0.000000123. The number of Topliss-reactive ketones (excluding diaryl/α,β-unsaturated/α-hetero) is 4. The van der Waals surface area contributed by atoms with Crippen molar-refractivity contribution in [2.24, 2.45) is 23.7 Å². The number of rotatable bonds is 20. The second kappa shape index (κ2) is 32.1. The summed E-state index contributed by atoms with van der Waals surface area (Å²) < 4.78 is 0. The van der Waals surface area contributed by atoms with Crippen LogP contribution in [0.25, 0.3) is 43.1 Å². The van der Waals surface area contributed by atoms with Crippen molar-refractivity contribution in [3.8, 4) is 0 Å². The number of aryl methyl sites for hydroxylation is 2. The smallest absolute Gasteiger partial charge is 0.140 e.